The molecule has 1 aliphatic carbocycles. The van der Waals surface area contributed by atoms with Crippen molar-refractivity contribution in [2.45, 2.75) is 50.6 Å². The summed E-state index contributed by atoms with van der Waals surface area (Å²) in [5, 5.41) is 0. The fourth-order valence-electron chi connectivity index (χ4n) is 6.13. The average Bonchev–Trinajstić information content (AvgIpc) is 3.40. The Hall–Kier alpha value is -3.15. The van der Waals surface area contributed by atoms with Crippen LogP contribution in [0.3, 0.4) is 0 Å². The van der Waals surface area contributed by atoms with Crippen LogP contribution in [0.2, 0.25) is 0 Å². The summed E-state index contributed by atoms with van der Waals surface area (Å²) >= 11 is 0. The highest BCUT2D eigenvalue weighted by atomic mass is 16.2. The summed E-state index contributed by atoms with van der Waals surface area (Å²) < 4.78 is 0. The zero-order valence-electron chi connectivity index (χ0n) is 18.3. The van der Waals surface area contributed by atoms with Gasteiger partial charge in [-0.3, -0.25) is 19.3 Å². The Morgan fingerprint density at radius 1 is 0.938 bits per heavy atom. The van der Waals surface area contributed by atoms with Gasteiger partial charge in [0.05, 0.1) is 16.5 Å². The SMILES string of the molecule is CCN1Cc2ccc(N3CCCC3)cc2C2(CC(N3C(=O)c4ccccc4C3=O)C2)C1=O. The van der Waals surface area contributed by atoms with Gasteiger partial charge >= 0.3 is 0 Å². The number of likely N-dealkylation sites (N-methyl/N-ethyl adjacent to an activating group) is 1. The number of rotatable bonds is 3. The van der Waals surface area contributed by atoms with Gasteiger partial charge in [-0.2, -0.15) is 0 Å². The number of anilines is 1. The number of fused-ring (bicyclic) bond motifs is 3. The van der Waals surface area contributed by atoms with Gasteiger partial charge in [0.25, 0.3) is 11.8 Å². The second kappa shape index (κ2) is 6.92. The van der Waals surface area contributed by atoms with Gasteiger partial charge in [0.1, 0.15) is 0 Å². The lowest BCUT2D eigenvalue weighted by molar-refractivity contribution is -0.145. The maximum absolute atomic E-state index is 13.6. The van der Waals surface area contributed by atoms with E-state index in [-0.39, 0.29) is 23.8 Å². The van der Waals surface area contributed by atoms with Crippen molar-refractivity contribution in [1.82, 2.24) is 9.80 Å². The largest absolute Gasteiger partial charge is 0.372 e. The Kier molecular flexibility index (Phi) is 4.23. The predicted molar refractivity (Wildman–Crippen MR) is 121 cm³/mol. The molecule has 4 aliphatic rings. The number of nitrogens with zero attached hydrogens (tertiary/aromatic N) is 3. The zero-order valence-corrected chi connectivity index (χ0v) is 18.3. The molecule has 1 saturated heterocycles. The van der Waals surface area contributed by atoms with Crippen LogP contribution in [-0.4, -0.2) is 53.2 Å². The summed E-state index contributed by atoms with van der Waals surface area (Å²) in [5.74, 6) is -0.321. The molecule has 0 atom stereocenters. The smallest absolute Gasteiger partial charge is 0.261 e. The molecule has 164 valence electrons. The van der Waals surface area contributed by atoms with E-state index in [9.17, 15) is 14.4 Å². The molecule has 3 heterocycles. The quantitative estimate of drug-likeness (QED) is 0.702. The van der Waals surface area contributed by atoms with Gasteiger partial charge in [0.15, 0.2) is 0 Å². The minimum absolute atomic E-state index is 0.138. The second-order valence-electron chi connectivity index (χ2n) is 9.53. The van der Waals surface area contributed by atoms with Crippen molar-refractivity contribution in [1.29, 1.82) is 0 Å². The summed E-state index contributed by atoms with van der Waals surface area (Å²) in [6, 6.07) is 13.3. The van der Waals surface area contributed by atoms with E-state index >= 15 is 0 Å². The van der Waals surface area contributed by atoms with Crippen LogP contribution >= 0.6 is 0 Å². The molecule has 1 spiro atoms. The normalized spacial score (nSPS) is 26.6. The monoisotopic (exact) mass is 429 g/mol. The minimum Gasteiger partial charge on any atom is -0.372 e. The molecule has 0 aromatic heterocycles. The maximum atomic E-state index is 13.6. The zero-order chi connectivity index (χ0) is 22.0. The first kappa shape index (κ1) is 19.5. The van der Waals surface area contributed by atoms with E-state index in [1.165, 1.54) is 29.0 Å². The van der Waals surface area contributed by atoms with Crippen molar-refractivity contribution < 1.29 is 14.4 Å². The van der Waals surface area contributed by atoms with Crippen molar-refractivity contribution in [3.05, 3.63) is 64.7 Å². The molecule has 2 aromatic carbocycles. The molecule has 3 aliphatic heterocycles. The Labute approximate surface area is 187 Å². The molecule has 0 unspecified atom stereocenters. The van der Waals surface area contributed by atoms with Gasteiger partial charge in [-0.15, -0.1) is 0 Å². The van der Waals surface area contributed by atoms with Gasteiger partial charge < -0.3 is 9.80 Å². The first-order chi connectivity index (χ1) is 15.5. The van der Waals surface area contributed by atoms with Gasteiger partial charge in [0, 0.05) is 37.9 Å². The first-order valence-corrected chi connectivity index (χ1v) is 11.7. The lowest BCUT2D eigenvalue weighted by Gasteiger charge is -2.53. The highest BCUT2D eigenvalue weighted by Crippen LogP contribution is 2.52. The van der Waals surface area contributed by atoms with Crippen LogP contribution in [-0.2, 0) is 16.8 Å². The molecule has 0 N–H and O–H groups in total. The molecular weight excluding hydrogens is 402 g/mol. The Morgan fingerprint density at radius 3 is 2.22 bits per heavy atom. The van der Waals surface area contributed by atoms with Crippen molar-refractivity contribution in [3.8, 4) is 0 Å². The van der Waals surface area contributed by atoms with Crippen LogP contribution in [0.25, 0.3) is 0 Å². The fourth-order valence-corrected chi connectivity index (χ4v) is 6.13. The molecular formula is C26H27N3O3. The molecule has 0 bridgehead atoms. The van der Waals surface area contributed by atoms with Crippen LogP contribution in [0.4, 0.5) is 5.69 Å². The summed E-state index contributed by atoms with van der Waals surface area (Å²) in [4.78, 5) is 45.3. The van der Waals surface area contributed by atoms with Crippen molar-refractivity contribution >= 4 is 23.4 Å². The summed E-state index contributed by atoms with van der Waals surface area (Å²) in [6.07, 6.45) is 3.41. The third-order valence-corrected chi connectivity index (χ3v) is 7.88. The van der Waals surface area contributed by atoms with Gasteiger partial charge in [-0.05, 0) is 68.0 Å². The van der Waals surface area contributed by atoms with E-state index in [2.05, 4.69) is 23.1 Å². The van der Waals surface area contributed by atoms with Gasteiger partial charge in [-0.25, -0.2) is 0 Å². The third kappa shape index (κ3) is 2.55. The topological polar surface area (TPSA) is 60.9 Å². The van der Waals surface area contributed by atoms with Crippen molar-refractivity contribution in [2.75, 3.05) is 24.5 Å². The van der Waals surface area contributed by atoms with Crippen LogP contribution in [0.15, 0.2) is 42.5 Å². The Morgan fingerprint density at radius 2 is 1.59 bits per heavy atom. The summed E-state index contributed by atoms with van der Waals surface area (Å²) in [5.41, 5.74) is 3.78. The minimum atomic E-state index is -0.640. The Balaban J connectivity index is 1.35. The average molecular weight is 430 g/mol. The van der Waals surface area contributed by atoms with E-state index in [1.54, 1.807) is 24.3 Å². The van der Waals surface area contributed by atoms with E-state index in [0.29, 0.717) is 37.1 Å². The molecule has 6 nitrogen and oxygen atoms in total. The van der Waals surface area contributed by atoms with E-state index in [4.69, 9.17) is 0 Å². The lowest BCUT2D eigenvalue weighted by Crippen LogP contribution is -2.63. The van der Waals surface area contributed by atoms with E-state index < -0.39 is 5.41 Å². The molecule has 2 fully saturated rings. The molecule has 3 amide bonds. The molecule has 0 radical (unpaired) electrons. The van der Waals surface area contributed by atoms with E-state index in [1.807, 2.05) is 11.8 Å². The molecule has 2 aromatic rings. The predicted octanol–water partition coefficient (Wildman–Crippen LogP) is 3.35. The van der Waals surface area contributed by atoms with Crippen molar-refractivity contribution in [3.63, 3.8) is 0 Å². The second-order valence-corrected chi connectivity index (χ2v) is 9.53. The highest BCUT2D eigenvalue weighted by molar-refractivity contribution is 6.21. The standard InChI is InChI=1S/C26H27N3O3/c1-2-27-16-17-9-10-18(28-11-5-6-12-28)13-22(17)26(25(27)32)14-19(15-26)29-23(30)20-7-3-4-8-21(20)24(29)31/h3-4,7-10,13,19H,2,5-6,11-12,14-16H2,1H3. The molecule has 1 saturated carbocycles. The van der Waals surface area contributed by atoms with Crippen LogP contribution in [0.5, 0.6) is 0 Å². The van der Waals surface area contributed by atoms with Gasteiger partial charge in [-0.1, -0.05) is 18.2 Å². The maximum Gasteiger partial charge on any atom is 0.261 e. The van der Waals surface area contributed by atoms with Gasteiger partial charge in [0.2, 0.25) is 5.91 Å². The third-order valence-electron chi connectivity index (χ3n) is 7.88. The fraction of sp³-hybridized carbons (Fsp3) is 0.423. The Bertz CT molecular complexity index is 1110. The first-order valence-electron chi connectivity index (χ1n) is 11.7. The number of hydrogen-bond donors (Lipinski definition) is 0. The number of imide groups is 1. The van der Waals surface area contributed by atoms with Crippen LogP contribution in [0, 0.1) is 0 Å². The number of benzene rings is 2. The molecule has 6 rings (SSSR count). The van der Waals surface area contributed by atoms with E-state index in [0.717, 1.165) is 18.7 Å². The number of amides is 3. The number of carbonyl (C=O) groups is 3. The molecule has 32 heavy (non-hydrogen) atoms. The molecule has 6 heteroatoms. The lowest BCUT2D eigenvalue weighted by atomic mass is 9.58. The number of hydrogen-bond acceptors (Lipinski definition) is 4. The van der Waals surface area contributed by atoms with Crippen molar-refractivity contribution in [2.24, 2.45) is 0 Å². The van der Waals surface area contributed by atoms with Crippen LogP contribution in [0.1, 0.15) is 64.4 Å². The summed E-state index contributed by atoms with van der Waals surface area (Å²) in [7, 11) is 0. The number of carbonyl (C=O) groups excluding carboxylic acids is 3. The van der Waals surface area contributed by atoms with Crippen LogP contribution < -0.4 is 4.90 Å². The summed E-state index contributed by atoms with van der Waals surface area (Å²) in [6.45, 7) is 5.41. The highest BCUT2D eigenvalue weighted by Gasteiger charge is 2.59.